The van der Waals surface area contributed by atoms with E-state index < -0.39 is 5.60 Å². The molecule has 6 nitrogen and oxygen atoms in total. The Morgan fingerprint density at radius 3 is 2.95 bits per heavy atom. The van der Waals surface area contributed by atoms with Crippen molar-refractivity contribution in [1.29, 1.82) is 0 Å². The molecule has 2 N–H and O–H groups in total. The Bertz CT molecular complexity index is 673. The van der Waals surface area contributed by atoms with Crippen LogP contribution in [-0.2, 0) is 4.74 Å². The van der Waals surface area contributed by atoms with E-state index in [1.165, 1.54) is 0 Å². The third kappa shape index (κ3) is 2.90. The molecule has 2 aromatic heterocycles. The predicted molar refractivity (Wildman–Crippen MR) is 79.3 cm³/mol. The first-order chi connectivity index (χ1) is 10.00. The summed E-state index contributed by atoms with van der Waals surface area (Å²) in [6, 6.07) is 0. The molecule has 0 spiro atoms. The van der Waals surface area contributed by atoms with Crippen LogP contribution in [0, 0.1) is 0 Å². The molecule has 0 bridgehead atoms. The molecule has 2 aromatic rings. The molecule has 21 heavy (non-hydrogen) atoms. The Hall–Kier alpha value is -1.95. The molecule has 1 saturated carbocycles. The smallest absolute Gasteiger partial charge is 0.255 e. The molecule has 1 amide bonds. The van der Waals surface area contributed by atoms with E-state index in [1.54, 1.807) is 19.5 Å². The van der Waals surface area contributed by atoms with Gasteiger partial charge in [0, 0.05) is 25.8 Å². The van der Waals surface area contributed by atoms with Crippen LogP contribution in [0.15, 0.2) is 12.4 Å². The number of methoxy groups -OCH3 is 1. The molecule has 0 radical (unpaired) electrons. The number of rotatable bonds is 5. The minimum atomic E-state index is -0.396. The zero-order valence-corrected chi connectivity index (χ0v) is 12.6. The number of H-pyrrole nitrogens is 1. The molecule has 112 valence electrons. The van der Waals surface area contributed by atoms with E-state index in [0.29, 0.717) is 29.2 Å². The van der Waals surface area contributed by atoms with Crippen molar-refractivity contribution in [2.45, 2.75) is 38.2 Å². The maximum atomic E-state index is 12.3. The van der Waals surface area contributed by atoms with Gasteiger partial charge in [0.05, 0.1) is 23.1 Å². The number of aromatic amines is 1. The lowest BCUT2D eigenvalue weighted by Gasteiger charge is -2.22. The molecule has 0 saturated heterocycles. The Labute approximate surface area is 123 Å². The van der Waals surface area contributed by atoms with Crippen LogP contribution in [0.3, 0.4) is 0 Å². The molecule has 1 fully saturated rings. The van der Waals surface area contributed by atoms with E-state index in [4.69, 9.17) is 4.74 Å². The molecular formula is C15H20N4O2. The van der Waals surface area contributed by atoms with E-state index in [-0.39, 0.29) is 5.91 Å². The molecule has 1 aliphatic rings. The number of nitrogens with one attached hydrogen (secondary N) is 2. The lowest BCUT2D eigenvalue weighted by atomic mass is 10.1. The lowest BCUT2D eigenvalue weighted by Crippen LogP contribution is -2.39. The number of amides is 1. The van der Waals surface area contributed by atoms with E-state index in [0.717, 1.165) is 18.5 Å². The number of ether oxygens (including phenoxy) is 1. The number of hydrogen-bond acceptors (Lipinski definition) is 4. The summed E-state index contributed by atoms with van der Waals surface area (Å²) < 4.78 is 5.30. The van der Waals surface area contributed by atoms with Crippen LogP contribution >= 0.6 is 0 Å². The highest BCUT2D eigenvalue weighted by atomic mass is 16.5. The van der Waals surface area contributed by atoms with Crippen molar-refractivity contribution in [2.75, 3.05) is 13.7 Å². The maximum absolute atomic E-state index is 12.3. The molecule has 3 rings (SSSR count). The van der Waals surface area contributed by atoms with E-state index in [9.17, 15) is 4.79 Å². The lowest BCUT2D eigenvalue weighted by molar-refractivity contribution is 0.0229. The van der Waals surface area contributed by atoms with Crippen molar-refractivity contribution in [1.82, 2.24) is 20.3 Å². The SMILES string of the molecule is COC(C)(C)CNC(=O)c1c[nH]c2ncc(C3CC3)nc12. The number of fused-ring (bicyclic) bond motifs is 1. The van der Waals surface area contributed by atoms with Crippen molar-refractivity contribution < 1.29 is 9.53 Å². The Balaban J connectivity index is 1.82. The van der Waals surface area contributed by atoms with Crippen molar-refractivity contribution >= 4 is 17.1 Å². The highest BCUT2D eigenvalue weighted by Gasteiger charge is 2.27. The van der Waals surface area contributed by atoms with Crippen molar-refractivity contribution in [3.8, 4) is 0 Å². The second kappa shape index (κ2) is 5.11. The van der Waals surface area contributed by atoms with Gasteiger partial charge in [-0.15, -0.1) is 0 Å². The van der Waals surface area contributed by atoms with Crippen molar-refractivity contribution in [2.24, 2.45) is 0 Å². The zero-order chi connectivity index (χ0) is 15.0. The van der Waals surface area contributed by atoms with Gasteiger partial charge in [0.15, 0.2) is 5.65 Å². The summed E-state index contributed by atoms with van der Waals surface area (Å²) in [5.74, 6) is 0.355. The minimum Gasteiger partial charge on any atom is -0.377 e. The van der Waals surface area contributed by atoms with Gasteiger partial charge in [-0.2, -0.15) is 0 Å². The average Bonchev–Trinajstić information content (AvgIpc) is 3.24. The third-order valence-corrected chi connectivity index (χ3v) is 3.87. The topological polar surface area (TPSA) is 79.9 Å². The van der Waals surface area contributed by atoms with Crippen LogP contribution in [0.25, 0.3) is 11.2 Å². The molecule has 0 unspecified atom stereocenters. The predicted octanol–water partition coefficient (Wildman–Crippen LogP) is 1.99. The quantitative estimate of drug-likeness (QED) is 0.881. The number of carbonyl (C=O) groups is 1. The van der Waals surface area contributed by atoms with Crippen LogP contribution < -0.4 is 5.32 Å². The standard InChI is InChI=1S/C15H20N4O2/c1-15(2,21-3)8-18-14(20)10-6-16-13-12(10)19-11(7-17-13)9-4-5-9/h6-7,9H,4-5,8H2,1-3H3,(H,16,17)(H,18,20). The fourth-order valence-electron chi connectivity index (χ4n) is 2.11. The second-order valence-electron chi connectivity index (χ2n) is 6.12. The van der Waals surface area contributed by atoms with Gasteiger partial charge in [-0.1, -0.05) is 0 Å². The molecule has 2 heterocycles. The minimum absolute atomic E-state index is 0.159. The Kier molecular flexibility index (Phi) is 3.41. The highest BCUT2D eigenvalue weighted by molar-refractivity contribution is 6.04. The second-order valence-corrected chi connectivity index (χ2v) is 6.12. The number of carbonyl (C=O) groups excluding carboxylic acids is 1. The largest absolute Gasteiger partial charge is 0.377 e. The summed E-state index contributed by atoms with van der Waals surface area (Å²) in [7, 11) is 1.63. The molecule has 6 heteroatoms. The van der Waals surface area contributed by atoms with Gasteiger partial charge >= 0.3 is 0 Å². The molecular weight excluding hydrogens is 268 g/mol. The molecule has 0 atom stereocenters. The monoisotopic (exact) mass is 288 g/mol. The van der Waals surface area contributed by atoms with Gasteiger partial charge in [0.1, 0.15) is 5.52 Å². The van der Waals surface area contributed by atoms with Crippen LogP contribution in [0.4, 0.5) is 0 Å². The van der Waals surface area contributed by atoms with E-state index in [2.05, 4.69) is 20.3 Å². The van der Waals surface area contributed by atoms with Gasteiger partial charge in [0.25, 0.3) is 5.91 Å². The molecule has 0 aromatic carbocycles. The molecule has 0 aliphatic heterocycles. The summed E-state index contributed by atoms with van der Waals surface area (Å²) >= 11 is 0. The summed E-state index contributed by atoms with van der Waals surface area (Å²) in [5.41, 5.74) is 2.41. The van der Waals surface area contributed by atoms with Crippen LogP contribution in [0.5, 0.6) is 0 Å². The van der Waals surface area contributed by atoms with Crippen molar-refractivity contribution in [3.05, 3.63) is 23.7 Å². The van der Waals surface area contributed by atoms with Gasteiger partial charge in [-0.3, -0.25) is 4.79 Å². The van der Waals surface area contributed by atoms with Gasteiger partial charge in [-0.25, -0.2) is 9.97 Å². The zero-order valence-electron chi connectivity index (χ0n) is 12.6. The van der Waals surface area contributed by atoms with Crippen molar-refractivity contribution in [3.63, 3.8) is 0 Å². The summed E-state index contributed by atoms with van der Waals surface area (Å²) in [6.07, 6.45) is 5.78. The first-order valence-electron chi connectivity index (χ1n) is 7.17. The fraction of sp³-hybridized carbons (Fsp3) is 0.533. The number of hydrogen-bond donors (Lipinski definition) is 2. The van der Waals surface area contributed by atoms with Crippen LogP contribution in [0.1, 0.15) is 48.7 Å². The van der Waals surface area contributed by atoms with E-state index >= 15 is 0 Å². The van der Waals surface area contributed by atoms with E-state index in [1.807, 2.05) is 13.8 Å². The first kappa shape index (κ1) is 14.0. The summed E-state index contributed by atoms with van der Waals surface area (Å²) in [4.78, 5) is 24.3. The normalized spacial score (nSPS) is 15.4. The van der Waals surface area contributed by atoms with Gasteiger partial charge < -0.3 is 15.0 Å². The Morgan fingerprint density at radius 2 is 2.29 bits per heavy atom. The first-order valence-corrected chi connectivity index (χ1v) is 7.17. The number of nitrogens with zero attached hydrogens (tertiary/aromatic N) is 2. The fourth-order valence-corrected chi connectivity index (χ4v) is 2.11. The maximum Gasteiger partial charge on any atom is 0.255 e. The summed E-state index contributed by atoms with van der Waals surface area (Å²) in [5, 5.41) is 2.88. The Morgan fingerprint density at radius 1 is 1.52 bits per heavy atom. The van der Waals surface area contributed by atoms with Gasteiger partial charge in [-0.05, 0) is 26.7 Å². The van der Waals surface area contributed by atoms with Crippen LogP contribution in [0.2, 0.25) is 0 Å². The average molecular weight is 288 g/mol. The highest BCUT2D eigenvalue weighted by Crippen LogP contribution is 2.39. The van der Waals surface area contributed by atoms with Gasteiger partial charge in [0.2, 0.25) is 0 Å². The number of aromatic nitrogens is 3. The van der Waals surface area contributed by atoms with Crippen LogP contribution in [-0.4, -0.2) is 40.1 Å². The third-order valence-electron chi connectivity index (χ3n) is 3.87. The summed E-state index contributed by atoms with van der Waals surface area (Å²) in [6.45, 7) is 4.28. The molecule has 1 aliphatic carbocycles.